The minimum Gasteiger partial charge on any atom is -0.480 e. The Balaban J connectivity index is 1.78. The molecule has 0 saturated heterocycles. The first-order chi connectivity index (χ1) is 9.02. The van der Waals surface area contributed by atoms with Crippen LogP contribution in [0.15, 0.2) is 0 Å². The van der Waals surface area contributed by atoms with E-state index in [0.717, 1.165) is 31.6 Å². The van der Waals surface area contributed by atoms with Gasteiger partial charge in [-0.2, -0.15) is 0 Å². The molecule has 108 valence electrons. The van der Waals surface area contributed by atoms with Crippen molar-refractivity contribution in [2.75, 3.05) is 6.54 Å². The Kier molecular flexibility index (Phi) is 4.32. The highest BCUT2D eigenvalue weighted by Gasteiger charge is 2.42. The Hall–Kier alpha value is -1.26. The Bertz CT molecular complexity index is 351. The van der Waals surface area contributed by atoms with Gasteiger partial charge >= 0.3 is 12.0 Å². The van der Waals surface area contributed by atoms with E-state index in [9.17, 15) is 14.7 Å². The molecule has 0 heterocycles. The number of urea groups is 1. The zero-order valence-electron chi connectivity index (χ0n) is 11.6. The Morgan fingerprint density at radius 1 is 1.26 bits per heavy atom. The zero-order valence-corrected chi connectivity index (χ0v) is 11.6. The maximum absolute atomic E-state index is 11.9. The third-order valence-corrected chi connectivity index (χ3v) is 4.57. The zero-order chi connectivity index (χ0) is 13.9. The molecule has 0 aliphatic heterocycles. The van der Waals surface area contributed by atoms with E-state index in [1.54, 1.807) is 0 Å². The Labute approximate surface area is 114 Å². The summed E-state index contributed by atoms with van der Waals surface area (Å²) in [5, 5.41) is 14.8. The minimum atomic E-state index is -1.03. The second-order valence-corrected chi connectivity index (χ2v) is 6.21. The van der Waals surface area contributed by atoms with Gasteiger partial charge in [-0.15, -0.1) is 0 Å². The number of hydrogen-bond donors (Lipinski definition) is 3. The van der Waals surface area contributed by atoms with Crippen LogP contribution in [0.3, 0.4) is 0 Å². The molecule has 5 nitrogen and oxygen atoms in total. The number of nitrogens with one attached hydrogen (secondary N) is 2. The average molecular weight is 268 g/mol. The van der Waals surface area contributed by atoms with E-state index in [1.165, 1.54) is 6.42 Å². The number of rotatable bonds is 4. The van der Waals surface area contributed by atoms with Gasteiger partial charge in [-0.25, -0.2) is 9.59 Å². The molecular formula is C14H24N2O3. The number of amides is 2. The molecule has 3 N–H and O–H groups in total. The molecule has 2 unspecified atom stereocenters. The second-order valence-electron chi connectivity index (χ2n) is 6.21. The van der Waals surface area contributed by atoms with Crippen LogP contribution >= 0.6 is 0 Å². The molecule has 2 aliphatic carbocycles. The lowest BCUT2D eigenvalue weighted by atomic mass is 9.98. The van der Waals surface area contributed by atoms with Gasteiger partial charge in [0.1, 0.15) is 5.54 Å². The van der Waals surface area contributed by atoms with Crippen LogP contribution in [-0.2, 0) is 4.79 Å². The van der Waals surface area contributed by atoms with E-state index in [4.69, 9.17) is 0 Å². The quantitative estimate of drug-likeness (QED) is 0.730. The highest BCUT2D eigenvalue weighted by Crippen LogP contribution is 2.31. The molecule has 0 aromatic carbocycles. The molecule has 2 amide bonds. The van der Waals surface area contributed by atoms with Gasteiger partial charge in [0.15, 0.2) is 0 Å². The first-order valence-electron chi connectivity index (χ1n) is 7.31. The lowest BCUT2D eigenvalue weighted by Gasteiger charge is -2.25. The molecule has 2 saturated carbocycles. The fourth-order valence-electron chi connectivity index (χ4n) is 3.38. The van der Waals surface area contributed by atoms with Gasteiger partial charge in [-0.3, -0.25) is 0 Å². The summed E-state index contributed by atoms with van der Waals surface area (Å²) in [5.74, 6) is 0.384. The summed E-state index contributed by atoms with van der Waals surface area (Å²) in [7, 11) is 0. The van der Waals surface area contributed by atoms with E-state index in [-0.39, 0.29) is 6.03 Å². The van der Waals surface area contributed by atoms with Gasteiger partial charge in [0.05, 0.1) is 0 Å². The van der Waals surface area contributed by atoms with Crippen molar-refractivity contribution in [1.29, 1.82) is 0 Å². The number of carboxylic acid groups (broad SMARTS) is 1. The van der Waals surface area contributed by atoms with Crippen molar-refractivity contribution in [3.05, 3.63) is 0 Å². The highest BCUT2D eigenvalue weighted by molar-refractivity contribution is 5.86. The molecule has 2 fully saturated rings. The molecule has 0 bridgehead atoms. The van der Waals surface area contributed by atoms with Crippen LogP contribution in [-0.4, -0.2) is 29.2 Å². The van der Waals surface area contributed by atoms with Crippen LogP contribution < -0.4 is 10.6 Å². The molecule has 2 rings (SSSR count). The van der Waals surface area contributed by atoms with Crippen LogP contribution in [0.25, 0.3) is 0 Å². The monoisotopic (exact) mass is 268 g/mol. The highest BCUT2D eigenvalue weighted by atomic mass is 16.4. The summed E-state index contributed by atoms with van der Waals surface area (Å²) in [6.45, 7) is 2.89. The molecule has 2 aliphatic rings. The van der Waals surface area contributed by atoms with E-state index >= 15 is 0 Å². The third kappa shape index (κ3) is 3.39. The SMILES string of the molecule is CC1CCC(CNC(=O)NC2(C(=O)O)CCCC2)C1. The fourth-order valence-corrected chi connectivity index (χ4v) is 3.38. The number of hydrogen-bond acceptors (Lipinski definition) is 2. The molecule has 5 heteroatoms. The van der Waals surface area contributed by atoms with Crippen molar-refractivity contribution in [2.45, 2.75) is 57.4 Å². The smallest absolute Gasteiger partial charge is 0.329 e. The van der Waals surface area contributed by atoms with Crippen LogP contribution in [0.5, 0.6) is 0 Å². The van der Waals surface area contributed by atoms with E-state index in [2.05, 4.69) is 17.6 Å². The summed E-state index contributed by atoms with van der Waals surface area (Å²) >= 11 is 0. The van der Waals surface area contributed by atoms with Crippen molar-refractivity contribution in [3.8, 4) is 0 Å². The third-order valence-electron chi connectivity index (χ3n) is 4.57. The van der Waals surface area contributed by atoms with Gasteiger partial charge in [0.25, 0.3) is 0 Å². The summed E-state index contributed by atoms with van der Waals surface area (Å²) in [5.41, 5.74) is -1.03. The number of carbonyl (C=O) groups is 2. The van der Waals surface area contributed by atoms with Gasteiger partial charge in [0, 0.05) is 6.54 Å². The lowest BCUT2D eigenvalue weighted by molar-refractivity contribution is -0.144. The molecular weight excluding hydrogens is 244 g/mol. The Morgan fingerprint density at radius 3 is 2.47 bits per heavy atom. The van der Waals surface area contributed by atoms with Crippen molar-refractivity contribution >= 4 is 12.0 Å². The van der Waals surface area contributed by atoms with Gasteiger partial charge in [-0.1, -0.05) is 26.2 Å². The van der Waals surface area contributed by atoms with E-state index in [1.807, 2.05) is 0 Å². The Morgan fingerprint density at radius 2 is 1.95 bits per heavy atom. The maximum atomic E-state index is 11.9. The van der Waals surface area contributed by atoms with E-state index in [0.29, 0.717) is 25.3 Å². The normalized spacial score (nSPS) is 29.1. The summed E-state index contributed by atoms with van der Waals surface area (Å²) in [6, 6.07) is -0.330. The maximum Gasteiger partial charge on any atom is 0.329 e. The van der Waals surface area contributed by atoms with Gasteiger partial charge < -0.3 is 15.7 Å². The summed E-state index contributed by atoms with van der Waals surface area (Å²) in [4.78, 5) is 23.2. The van der Waals surface area contributed by atoms with Gasteiger partial charge in [-0.05, 0) is 37.5 Å². The molecule has 0 spiro atoms. The van der Waals surface area contributed by atoms with Crippen LogP contribution in [0.4, 0.5) is 4.79 Å². The molecule has 0 radical (unpaired) electrons. The van der Waals surface area contributed by atoms with E-state index < -0.39 is 11.5 Å². The summed E-state index contributed by atoms with van der Waals surface area (Å²) < 4.78 is 0. The standard InChI is InChI=1S/C14H24N2O3/c1-10-4-5-11(8-10)9-15-13(19)16-14(12(17)18)6-2-3-7-14/h10-11H,2-9H2,1H3,(H,17,18)(H2,15,16,19). The first-order valence-corrected chi connectivity index (χ1v) is 7.31. The summed E-state index contributed by atoms with van der Waals surface area (Å²) in [6.07, 6.45) is 6.36. The van der Waals surface area contributed by atoms with Crippen molar-refractivity contribution in [1.82, 2.24) is 10.6 Å². The predicted octanol–water partition coefficient (Wildman–Crippen LogP) is 2.12. The first kappa shape index (κ1) is 14.2. The van der Waals surface area contributed by atoms with Crippen LogP contribution in [0, 0.1) is 11.8 Å². The van der Waals surface area contributed by atoms with Crippen molar-refractivity contribution in [2.24, 2.45) is 11.8 Å². The number of aliphatic carboxylic acids is 1. The lowest BCUT2D eigenvalue weighted by Crippen LogP contribution is -2.55. The second kappa shape index (κ2) is 5.80. The minimum absolute atomic E-state index is 0.330. The molecule has 19 heavy (non-hydrogen) atoms. The number of carbonyl (C=O) groups excluding carboxylic acids is 1. The fraction of sp³-hybridized carbons (Fsp3) is 0.857. The number of carboxylic acids is 1. The van der Waals surface area contributed by atoms with Crippen LogP contribution in [0.1, 0.15) is 51.9 Å². The van der Waals surface area contributed by atoms with Crippen LogP contribution in [0.2, 0.25) is 0 Å². The van der Waals surface area contributed by atoms with Gasteiger partial charge in [0.2, 0.25) is 0 Å². The molecule has 0 aromatic rings. The van der Waals surface area contributed by atoms with Crippen molar-refractivity contribution in [3.63, 3.8) is 0 Å². The molecule has 0 aromatic heterocycles. The average Bonchev–Trinajstić information content (AvgIpc) is 2.97. The molecule has 2 atom stereocenters. The largest absolute Gasteiger partial charge is 0.480 e. The van der Waals surface area contributed by atoms with Crippen molar-refractivity contribution < 1.29 is 14.7 Å². The topological polar surface area (TPSA) is 78.4 Å². The predicted molar refractivity (Wildman–Crippen MR) is 71.9 cm³/mol.